The van der Waals surface area contributed by atoms with E-state index in [4.69, 9.17) is 4.74 Å². The SMILES string of the molecule is CC(C)(C)OC(=O)N[C@H]1CC2C=C1[C@@H](CO)C2. The van der Waals surface area contributed by atoms with Crippen LogP contribution in [0.4, 0.5) is 4.79 Å². The maximum atomic E-state index is 11.7. The molecule has 0 heterocycles. The lowest BCUT2D eigenvalue weighted by atomic mass is 9.86. The van der Waals surface area contributed by atoms with Gasteiger partial charge in [-0.25, -0.2) is 4.79 Å². The van der Waals surface area contributed by atoms with Crippen LogP contribution in [0.5, 0.6) is 0 Å². The number of allylic oxidation sites excluding steroid dienone is 1. The lowest BCUT2D eigenvalue weighted by molar-refractivity contribution is 0.0501. The van der Waals surface area contributed by atoms with E-state index >= 15 is 0 Å². The summed E-state index contributed by atoms with van der Waals surface area (Å²) in [6, 6.07) is 0.0562. The Morgan fingerprint density at radius 3 is 2.76 bits per heavy atom. The van der Waals surface area contributed by atoms with Crippen LogP contribution in [-0.2, 0) is 4.74 Å². The quantitative estimate of drug-likeness (QED) is 0.723. The van der Waals surface area contributed by atoms with Crippen LogP contribution in [0.25, 0.3) is 0 Å². The molecule has 1 unspecified atom stereocenters. The second-order valence-corrected chi connectivity index (χ2v) is 5.98. The van der Waals surface area contributed by atoms with E-state index in [9.17, 15) is 9.90 Å². The highest BCUT2D eigenvalue weighted by atomic mass is 16.6. The molecule has 2 bridgehead atoms. The predicted molar refractivity (Wildman–Crippen MR) is 64.5 cm³/mol. The van der Waals surface area contributed by atoms with Crippen molar-refractivity contribution in [2.24, 2.45) is 11.8 Å². The summed E-state index contributed by atoms with van der Waals surface area (Å²) >= 11 is 0. The Hall–Kier alpha value is -1.03. The summed E-state index contributed by atoms with van der Waals surface area (Å²) in [5.41, 5.74) is 0.718. The number of ether oxygens (including phenoxy) is 1. The molecule has 0 aromatic rings. The molecular formula is C13H21NO3. The first-order valence-corrected chi connectivity index (χ1v) is 6.21. The summed E-state index contributed by atoms with van der Waals surface area (Å²) in [6.45, 7) is 5.73. The molecule has 0 fully saturated rings. The van der Waals surface area contributed by atoms with Crippen molar-refractivity contribution in [3.63, 3.8) is 0 Å². The third-order valence-corrected chi connectivity index (χ3v) is 3.34. The number of amides is 1. The second-order valence-electron chi connectivity index (χ2n) is 5.98. The number of rotatable bonds is 2. The van der Waals surface area contributed by atoms with Crippen LogP contribution in [0, 0.1) is 11.8 Å². The van der Waals surface area contributed by atoms with E-state index in [2.05, 4.69) is 11.4 Å². The number of aliphatic hydroxyl groups is 1. The number of alkyl carbamates (subject to hydrolysis) is 1. The van der Waals surface area contributed by atoms with Crippen LogP contribution < -0.4 is 5.32 Å². The number of fused-ring (bicyclic) bond motifs is 1. The Kier molecular flexibility index (Phi) is 3.17. The first kappa shape index (κ1) is 12.4. The molecule has 2 aliphatic rings. The van der Waals surface area contributed by atoms with Crippen LogP contribution >= 0.6 is 0 Å². The molecule has 96 valence electrons. The normalized spacial score (nSPS) is 31.3. The molecule has 2 N–H and O–H groups in total. The molecule has 0 saturated heterocycles. The summed E-state index contributed by atoms with van der Waals surface area (Å²) < 4.78 is 5.24. The Balaban J connectivity index is 1.89. The minimum absolute atomic E-state index is 0.0562. The van der Waals surface area contributed by atoms with E-state index < -0.39 is 5.60 Å². The highest BCUT2D eigenvalue weighted by Gasteiger charge is 2.39. The molecule has 0 saturated carbocycles. The van der Waals surface area contributed by atoms with E-state index in [1.807, 2.05) is 20.8 Å². The molecule has 4 nitrogen and oxygen atoms in total. The molecule has 0 aliphatic heterocycles. The van der Waals surface area contributed by atoms with Crippen LogP contribution in [0.2, 0.25) is 0 Å². The standard InChI is InChI=1S/C13H21NO3/c1-13(2,3)17-12(16)14-11-6-8-4-9(7-15)10(11)5-8/h5,8-9,11,15H,4,6-7H2,1-3H3,(H,14,16)/t8?,9-,11+/m1/s1. The number of carbonyl (C=O) groups excluding carboxylic acids is 1. The fraction of sp³-hybridized carbons (Fsp3) is 0.769. The monoisotopic (exact) mass is 239 g/mol. The van der Waals surface area contributed by atoms with Crippen molar-refractivity contribution in [2.75, 3.05) is 6.61 Å². The molecule has 1 amide bonds. The zero-order valence-corrected chi connectivity index (χ0v) is 10.7. The molecular weight excluding hydrogens is 218 g/mol. The summed E-state index contributed by atoms with van der Waals surface area (Å²) in [7, 11) is 0. The number of aliphatic hydroxyl groups excluding tert-OH is 1. The van der Waals surface area contributed by atoms with Gasteiger partial charge in [0, 0.05) is 12.5 Å². The molecule has 4 heteroatoms. The third kappa shape index (κ3) is 2.80. The molecule has 17 heavy (non-hydrogen) atoms. The van der Waals surface area contributed by atoms with Crippen LogP contribution in [0.3, 0.4) is 0 Å². The first-order valence-electron chi connectivity index (χ1n) is 6.21. The predicted octanol–water partition coefficient (Wildman–Crippen LogP) is 1.84. The van der Waals surface area contributed by atoms with Crippen molar-refractivity contribution >= 4 is 6.09 Å². The molecule has 0 aromatic carbocycles. The fourth-order valence-corrected chi connectivity index (χ4v) is 2.75. The van der Waals surface area contributed by atoms with Gasteiger partial charge in [0.1, 0.15) is 5.60 Å². The maximum absolute atomic E-state index is 11.7. The van der Waals surface area contributed by atoms with E-state index in [-0.39, 0.29) is 24.7 Å². The minimum atomic E-state index is -0.466. The van der Waals surface area contributed by atoms with Crippen LogP contribution in [0.1, 0.15) is 33.6 Å². The topological polar surface area (TPSA) is 58.6 Å². The van der Waals surface area contributed by atoms with Gasteiger partial charge in [-0.1, -0.05) is 6.08 Å². The van der Waals surface area contributed by atoms with E-state index in [1.165, 1.54) is 5.57 Å². The van der Waals surface area contributed by atoms with Crippen molar-refractivity contribution in [3.8, 4) is 0 Å². The Morgan fingerprint density at radius 1 is 1.53 bits per heavy atom. The smallest absolute Gasteiger partial charge is 0.408 e. The van der Waals surface area contributed by atoms with Crippen molar-refractivity contribution < 1.29 is 14.6 Å². The molecule has 2 rings (SSSR count). The molecule has 0 spiro atoms. The maximum Gasteiger partial charge on any atom is 0.408 e. The van der Waals surface area contributed by atoms with Gasteiger partial charge in [-0.05, 0) is 45.1 Å². The zero-order chi connectivity index (χ0) is 12.6. The average molecular weight is 239 g/mol. The van der Waals surface area contributed by atoms with Gasteiger partial charge in [0.15, 0.2) is 0 Å². The summed E-state index contributed by atoms with van der Waals surface area (Å²) in [4.78, 5) is 11.7. The molecule has 0 radical (unpaired) electrons. The second kappa shape index (κ2) is 4.33. The van der Waals surface area contributed by atoms with Gasteiger partial charge in [-0.15, -0.1) is 0 Å². The zero-order valence-electron chi connectivity index (χ0n) is 10.7. The van der Waals surface area contributed by atoms with Gasteiger partial charge < -0.3 is 15.2 Å². The van der Waals surface area contributed by atoms with Gasteiger partial charge in [0.2, 0.25) is 0 Å². The summed E-state index contributed by atoms with van der Waals surface area (Å²) in [6.07, 6.45) is 3.81. The molecule has 0 aromatic heterocycles. The Labute approximate surface area is 102 Å². The summed E-state index contributed by atoms with van der Waals surface area (Å²) in [5, 5.41) is 12.1. The Bertz CT molecular complexity index is 343. The van der Waals surface area contributed by atoms with Gasteiger partial charge in [-0.3, -0.25) is 0 Å². The van der Waals surface area contributed by atoms with Gasteiger partial charge in [0.25, 0.3) is 0 Å². The highest BCUT2D eigenvalue weighted by molar-refractivity contribution is 5.69. The van der Waals surface area contributed by atoms with Crippen molar-refractivity contribution in [1.29, 1.82) is 0 Å². The number of hydrogen-bond acceptors (Lipinski definition) is 3. The molecule has 2 aliphatic carbocycles. The van der Waals surface area contributed by atoms with Crippen molar-refractivity contribution in [3.05, 3.63) is 11.6 Å². The lowest BCUT2D eigenvalue weighted by Crippen LogP contribution is -2.42. The Morgan fingerprint density at radius 2 is 2.24 bits per heavy atom. The average Bonchev–Trinajstić information content (AvgIpc) is 2.72. The van der Waals surface area contributed by atoms with Crippen molar-refractivity contribution in [1.82, 2.24) is 5.32 Å². The van der Waals surface area contributed by atoms with Gasteiger partial charge in [0.05, 0.1) is 6.04 Å². The highest BCUT2D eigenvalue weighted by Crippen LogP contribution is 2.42. The number of carbonyl (C=O) groups is 1. The molecule has 3 atom stereocenters. The van der Waals surface area contributed by atoms with Crippen LogP contribution in [0.15, 0.2) is 11.6 Å². The van der Waals surface area contributed by atoms with Crippen molar-refractivity contribution in [2.45, 2.75) is 45.3 Å². The van der Waals surface area contributed by atoms with E-state index in [0.717, 1.165) is 12.8 Å². The van der Waals surface area contributed by atoms with E-state index in [0.29, 0.717) is 5.92 Å². The first-order chi connectivity index (χ1) is 7.89. The van der Waals surface area contributed by atoms with Crippen LogP contribution in [-0.4, -0.2) is 29.4 Å². The third-order valence-electron chi connectivity index (χ3n) is 3.34. The number of hydrogen-bond donors (Lipinski definition) is 2. The minimum Gasteiger partial charge on any atom is -0.444 e. The summed E-state index contributed by atoms with van der Waals surface area (Å²) in [5.74, 6) is 0.746. The number of nitrogens with one attached hydrogen (secondary N) is 1. The van der Waals surface area contributed by atoms with Gasteiger partial charge >= 0.3 is 6.09 Å². The fourth-order valence-electron chi connectivity index (χ4n) is 2.75. The van der Waals surface area contributed by atoms with E-state index in [1.54, 1.807) is 0 Å². The largest absolute Gasteiger partial charge is 0.444 e. The lowest BCUT2D eigenvalue weighted by Gasteiger charge is -2.28. The van der Waals surface area contributed by atoms with Gasteiger partial charge in [-0.2, -0.15) is 0 Å².